The van der Waals surface area contributed by atoms with Crippen molar-refractivity contribution in [3.63, 3.8) is 0 Å². The Labute approximate surface area is 224 Å². The number of aromatic nitrogens is 3. The second-order valence-electron chi connectivity index (χ2n) is 11.3. The Morgan fingerprint density at radius 1 is 1.08 bits per heavy atom. The smallest absolute Gasteiger partial charge is 0.245 e. The molecule has 0 spiro atoms. The maximum atomic E-state index is 13.9. The summed E-state index contributed by atoms with van der Waals surface area (Å²) in [5, 5.41) is 8.18. The van der Waals surface area contributed by atoms with Crippen LogP contribution in [0.15, 0.2) is 36.9 Å². The third kappa shape index (κ3) is 6.01. The number of nitrogens with zero attached hydrogens (tertiary/aromatic N) is 5. The van der Waals surface area contributed by atoms with Crippen molar-refractivity contribution in [3.05, 3.63) is 47.5 Å². The lowest BCUT2D eigenvalue weighted by molar-refractivity contribution is -0.141. The van der Waals surface area contributed by atoms with Crippen LogP contribution >= 0.6 is 11.6 Å². The number of nitrogens with one attached hydrogen (secondary N) is 1. The summed E-state index contributed by atoms with van der Waals surface area (Å²) >= 11 is 6.08. The van der Waals surface area contributed by atoms with E-state index < -0.39 is 6.04 Å². The van der Waals surface area contributed by atoms with Gasteiger partial charge in [0.1, 0.15) is 18.7 Å². The molecule has 2 amide bonds. The number of carbonyl (C=O) groups is 2. The molecule has 5 rings (SSSR count). The average molecular weight is 527 g/mol. The van der Waals surface area contributed by atoms with Gasteiger partial charge >= 0.3 is 0 Å². The highest BCUT2D eigenvalue weighted by atomic mass is 35.5. The van der Waals surface area contributed by atoms with Crippen LogP contribution in [0.25, 0.3) is 0 Å². The molecule has 2 atom stereocenters. The van der Waals surface area contributed by atoms with Crippen LogP contribution in [0.5, 0.6) is 0 Å². The van der Waals surface area contributed by atoms with E-state index in [1.54, 1.807) is 6.33 Å². The molecule has 1 N–H and O–H groups in total. The molecule has 3 heterocycles. The highest BCUT2D eigenvalue weighted by molar-refractivity contribution is 6.30. The second-order valence-corrected chi connectivity index (χ2v) is 11.7. The monoisotopic (exact) mass is 526 g/mol. The normalized spacial score (nSPS) is 23.3. The third-order valence-electron chi connectivity index (χ3n) is 9.04. The molecule has 2 aliphatic heterocycles. The Balaban J connectivity index is 1.29. The number of likely N-dealkylation sites (tertiary alicyclic amines) is 2. The minimum absolute atomic E-state index is 0.0169. The first-order chi connectivity index (χ1) is 17.9. The second kappa shape index (κ2) is 11.5. The van der Waals surface area contributed by atoms with Crippen LogP contribution in [-0.4, -0.2) is 75.1 Å². The first-order valence-corrected chi connectivity index (χ1v) is 14.2. The predicted octanol–water partition coefficient (Wildman–Crippen LogP) is 3.55. The summed E-state index contributed by atoms with van der Waals surface area (Å²) in [7, 11) is 1.95. The SMILES string of the molecule is CN1CCC1C(=O)N[C@H](Cc1ccc(Cl)cc1)C(=O)N1CCC(Cn2cncn2)(C2CCCCC2)CC1. The zero-order valence-corrected chi connectivity index (χ0v) is 22.6. The Morgan fingerprint density at radius 3 is 2.41 bits per heavy atom. The van der Waals surface area contributed by atoms with E-state index in [0.29, 0.717) is 30.5 Å². The highest BCUT2D eigenvalue weighted by Gasteiger charge is 2.44. The molecule has 1 saturated carbocycles. The van der Waals surface area contributed by atoms with Gasteiger partial charge in [0, 0.05) is 37.6 Å². The average Bonchev–Trinajstić information content (AvgIpc) is 3.42. The third-order valence-corrected chi connectivity index (χ3v) is 9.30. The number of likely N-dealkylation sites (N-methyl/N-ethyl adjacent to an activating group) is 1. The first-order valence-electron chi connectivity index (χ1n) is 13.8. The quantitative estimate of drug-likeness (QED) is 0.568. The predicted molar refractivity (Wildman–Crippen MR) is 143 cm³/mol. The molecular weight excluding hydrogens is 488 g/mol. The summed E-state index contributed by atoms with van der Waals surface area (Å²) in [6.07, 6.45) is 13.0. The molecule has 2 aromatic rings. The molecule has 3 fully saturated rings. The number of piperidine rings is 1. The van der Waals surface area contributed by atoms with Crippen molar-refractivity contribution in [3.8, 4) is 0 Å². The van der Waals surface area contributed by atoms with Crippen LogP contribution < -0.4 is 5.32 Å². The number of rotatable bonds is 8. The molecule has 2 saturated heterocycles. The van der Waals surface area contributed by atoms with E-state index in [0.717, 1.165) is 37.9 Å². The number of amides is 2. The molecule has 9 heteroatoms. The van der Waals surface area contributed by atoms with Gasteiger partial charge in [-0.05, 0) is 68.2 Å². The van der Waals surface area contributed by atoms with E-state index in [-0.39, 0.29) is 23.3 Å². The Morgan fingerprint density at radius 2 is 1.81 bits per heavy atom. The molecule has 1 unspecified atom stereocenters. The van der Waals surface area contributed by atoms with Gasteiger partial charge in [-0.1, -0.05) is 43.0 Å². The fourth-order valence-electron chi connectivity index (χ4n) is 6.61. The summed E-state index contributed by atoms with van der Waals surface area (Å²) in [4.78, 5) is 35.0. The van der Waals surface area contributed by atoms with Gasteiger partial charge in [0.15, 0.2) is 0 Å². The molecule has 1 aromatic heterocycles. The first kappa shape index (κ1) is 26.2. The lowest BCUT2D eigenvalue weighted by Gasteiger charge is -2.48. The van der Waals surface area contributed by atoms with Crippen molar-refractivity contribution in [1.82, 2.24) is 29.9 Å². The van der Waals surface area contributed by atoms with Gasteiger partial charge in [-0.15, -0.1) is 0 Å². The largest absolute Gasteiger partial charge is 0.343 e. The topological polar surface area (TPSA) is 83.4 Å². The minimum Gasteiger partial charge on any atom is -0.343 e. The van der Waals surface area contributed by atoms with E-state index in [2.05, 4.69) is 15.4 Å². The van der Waals surface area contributed by atoms with Crippen LogP contribution in [0, 0.1) is 11.3 Å². The molecule has 3 aliphatic rings. The van der Waals surface area contributed by atoms with Gasteiger partial charge in [0.05, 0.1) is 6.04 Å². The van der Waals surface area contributed by atoms with Crippen molar-refractivity contribution in [2.24, 2.45) is 11.3 Å². The molecular formula is C28H39ClN6O2. The van der Waals surface area contributed by atoms with E-state index >= 15 is 0 Å². The summed E-state index contributed by atoms with van der Waals surface area (Å²) in [6.45, 7) is 3.19. The van der Waals surface area contributed by atoms with Crippen LogP contribution in [-0.2, 0) is 22.6 Å². The van der Waals surface area contributed by atoms with Crippen molar-refractivity contribution < 1.29 is 9.59 Å². The number of hydrogen-bond acceptors (Lipinski definition) is 5. The molecule has 8 nitrogen and oxygen atoms in total. The fourth-order valence-corrected chi connectivity index (χ4v) is 6.74. The summed E-state index contributed by atoms with van der Waals surface area (Å²) < 4.78 is 1.98. The number of hydrogen-bond donors (Lipinski definition) is 1. The van der Waals surface area contributed by atoms with E-state index in [9.17, 15) is 9.59 Å². The summed E-state index contributed by atoms with van der Waals surface area (Å²) in [6, 6.07) is 6.82. The van der Waals surface area contributed by atoms with Crippen molar-refractivity contribution in [1.29, 1.82) is 0 Å². The summed E-state index contributed by atoms with van der Waals surface area (Å²) in [5.74, 6) is 0.616. The van der Waals surface area contributed by atoms with Crippen LogP contribution in [0.3, 0.4) is 0 Å². The van der Waals surface area contributed by atoms with Crippen molar-refractivity contribution >= 4 is 23.4 Å². The number of halogens is 1. The molecule has 0 radical (unpaired) electrons. The lowest BCUT2D eigenvalue weighted by Crippen LogP contribution is -2.59. The molecule has 1 aliphatic carbocycles. The number of carbonyl (C=O) groups excluding carboxylic acids is 2. The Hall–Kier alpha value is -2.45. The molecule has 0 bridgehead atoms. The maximum absolute atomic E-state index is 13.9. The van der Waals surface area contributed by atoms with Gasteiger partial charge in [-0.2, -0.15) is 5.10 Å². The molecule has 200 valence electrons. The Bertz CT molecular complexity index is 1050. The zero-order chi connectivity index (χ0) is 25.8. The lowest BCUT2D eigenvalue weighted by atomic mass is 9.63. The van der Waals surface area contributed by atoms with Crippen molar-refractivity contribution in [2.45, 2.75) is 76.4 Å². The highest BCUT2D eigenvalue weighted by Crippen LogP contribution is 2.47. The van der Waals surface area contributed by atoms with Gasteiger partial charge in [0.2, 0.25) is 11.8 Å². The van der Waals surface area contributed by atoms with Crippen LogP contribution in [0.2, 0.25) is 5.02 Å². The standard InChI is InChI=1S/C28H39ClN6O2/c1-33-14-11-25(33)26(36)32-24(17-21-7-9-23(29)10-8-21)27(37)34-15-12-28(13-16-34,18-35-20-30-19-31-35)22-5-3-2-4-6-22/h7-10,19-20,22,24-25H,2-6,11-18H2,1H3,(H,32,36)/t24-,25?/m1/s1. The van der Waals surface area contributed by atoms with Gasteiger partial charge in [0.25, 0.3) is 0 Å². The van der Waals surface area contributed by atoms with Gasteiger partial charge < -0.3 is 10.2 Å². The van der Waals surface area contributed by atoms with Gasteiger partial charge in [-0.3, -0.25) is 19.2 Å². The van der Waals surface area contributed by atoms with Crippen LogP contribution in [0.4, 0.5) is 0 Å². The van der Waals surface area contributed by atoms with Gasteiger partial charge in [-0.25, -0.2) is 4.98 Å². The maximum Gasteiger partial charge on any atom is 0.245 e. The fraction of sp³-hybridized carbons (Fsp3) is 0.643. The van der Waals surface area contributed by atoms with E-state index in [1.165, 1.54) is 32.1 Å². The Kier molecular flexibility index (Phi) is 8.15. The zero-order valence-electron chi connectivity index (χ0n) is 21.8. The van der Waals surface area contributed by atoms with E-state index in [4.69, 9.17) is 11.6 Å². The summed E-state index contributed by atoms with van der Waals surface area (Å²) in [5.41, 5.74) is 1.12. The van der Waals surface area contributed by atoms with Crippen LogP contribution in [0.1, 0.15) is 56.9 Å². The van der Waals surface area contributed by atoms with E-state index in [1.807, 2.05) is 52.1 Å². The number of benzene rings is 1. The molecule has 37 heavy (non-hydrogen) atoms. The minimum atomic E-state index is -0.583. The molecule has 1 aromatic carbocycles. The van der Waals surface area contributed by atoms with Crippen molar-refractivity contribution in [2.75, 3.05) is 26.7 Å².